The van der Waals surface area contributed by atoms with Crippen molar-refractivity contribution in [1.29, 1.82) is 0 Å². The summed E-state index contributed by atoms with van der Waals surface area (Å²) in [6.45, 7) is 2.29. The van der Waals surface area contributed by atoms with Crippen molar-refractivity contribution in [2.75, 3.05) is 29.9 Å². The minimum Gasteiger partial charge on any atom is -0.368 e. The van der Waals surface area contributed by atoms with Gasteiger partial charge in [-0.15, -0.1) is 15.3 Å². The van der Waals surface area contributed by atoms with E-state index in [1.165, 1.54) is 18.9 Å². The smallest absolute Gasteiger partial charge is 0.368 e. The zero-order valence-corrected chi connectivity index (χ0v) is 13.4. The van der Waals surface area contributed by atoms with Crippen molar-refractivity contribution >= 4 is 11.6 Å². The van der Waals surface area contributed by atoms with Crippen molar-refractivity contribution in [1.82, 2.24) is 20.4 Å². The molecular weight excluding hydrogens is 333 g/mol. The quantitative estimate of drug-likeness (QED) is 0.894. The van der Waals surface area contributed by atoms with Crippen LogP contribution in [0.3, 0.4) is 0 Å². The van der Waals surface area contributed by atoms with Crippen LogP contribution in [-0.4, -0.2) is 40.0 Å². The summed E-state index contributed by atoms with van der Waals surface area (Å²) in [7, 11) is 0. The van der Waals surface area contributed by atoms with E-state index in [1.807, 2.05) is 12.1 Å². The summed E-state index contributed by atoms with van der Waals surface area (Å²) in [4.78, 5) is 2.13. The average Bonchev–Trinajstić information content (AvgIpc) is 3.38. The van der Waals surface area contributed by atoms with Crippen LogP contribution in [0, 0.1) is 5.92 Å². The third-order valence-corrected chi connectivity index (χ3v) is 4.47. The van der Waals surface area contributed by atoms with Crippen LogP contribution >= 0.6 is 0 Å². The molecule has 0 spiro atoms. The number of nitrogens with zero attached hydrogens (tertiary/aromatic N) is 5. The van der Waals surface area contributed by atoms with Crippen LogP contribution in [0.1, 0.15) is 30.1 Å². The highest BCUT2D eigenvalue weighted by Crippen LogP contribution is 2.39. The Morgan fingerprint density at radius 2 is 1.80 bits per heavy atom. The van der Waals surface area contributed by atoms with Gasteiger partial charge in [0, 0.05) is 31.5 Å². The van der Waals surface area contributed by atoms with E-state index < -0.39 is 11.9 Å². The number of nitrogens with one attached hydrogen (secondary N) is 1. The van der Waals surface area contributed by atoms with Crippen LogP contribution < -0.4 is 10.2 Å². The molecule has 132 valence electrons. The molecule has 0 aromatic carbocycles. The van der Waals surface area contributed by atoms with Gasteiger partial charge in [0.15, 0.2) is 11.5 Å². The molecule has 0 unspecified atom stereocenters. The molecule has 2 fully saturated rings. The SMILES string of the molecule is FC(F)(F)c1ccc(NCC2CN(c3ccc(C4CC4)nn3)C2)nn1. The Balaban J connectivity index is 1.24. The second-order valence-corrected chi connectivity index (χ2v) is 6.54. The molecule has 9 heteroatoms. The molecule has 2 aromatic heterocycles. The highest BCUT2D eigenvalue weighted by molar-refractivity contribution is 5.42. The first-order chi connectivity index (χ1) is 12.0. The van der Waals surface area contributed by atoms with Crippen LogP contribution in [0.15, 0.2) is 24.3 Å². The van der Waals surface area contributed by atoms with Gasteiger partial charge in [0.05, 0.1) is 5.69 Å². The number of alkyl halides is 3. The molecule has 3 heterocycles. The fraction of sp³-hybridized carbons (Fsp3) is 0.500. The Morgan fingerprint density at radius 1 is 1.00 bits per heavy atom. The number of hydrogen-bond acceptors (Lipinski definition) is 6. The summed E-state index contributed by atoms with van der Waals surface area (Å²) in [5.74, 6) is 2.20. The Bertz CT molecular complexity index is 721. The van der Waals surface area contributed by atoms with Crippen molar-refractivity contribution in [2.45, 2.75) is 24.9 Å². The highest BCUT2D eigenvalue weighted by Gasteiger charge is 2.33. The Labute approximate surface area is 142 Å². The minimum atomic E-state index is -4.46. The zero-order valence-electron chi connectivity index (χ0n) is 13.4. The third kappa shape index (κ3) is 3.64. The summed E-state index contributed by atoms with van der Waals surface area (Å²) < 4.78 is 37.3. The van der Waals surface area contributed by atoms with Crippen molar-refractivity contribution in [3.8, 4) is 0 Å². The van der Waals surface area contributed by atoms with Crippen molar-refractivity contribution in [3.63, 3.8) is 0 Å². The van der Waals surface area contributed by atoms with Gasteiger partial charge in [0.2, 0.25) is 0 Å². The molecule has 1 aliphatic heterocycles. The third-order valence-electron chi connectivity index (χ3n) is 4.47. The van der Waals surface area contributed by atoms with Gasteiger partial charge in [-0.1, -0.05) is 0 Å². The summed E-state index contributed by atoms with van der Waals surface area (Å²) >= 11 is 0. The molecule has 0 bridgehead atoms. The van der Waals surface area contributed by atoms with Gasteiger partial charge >= 0.3 is 6.18 Å². The van der Waals surface area contributed by atoms with Gasteiger partial charge in [0.25, 0.3) is 0 Å². The van der Waals surface area contributed by atoms with Crippen LogP contribution in [0.25, 0.3) is 0 Å². The van der Waals surface area contributed by atoms with Crippen LogP contribution in [0.5, 0.6) is 0 Å². The maximum absolute atomic E-state index is 12.4. The van der Waals surface area contributed by atoms with Gasteiger partial charge in [0.1, 0.15) is 5.82 Å². The van der Waals surface area contributed by atoms with E-state index in [4.69, 9.17) is 0 Å². The highest BCUT2D eigenvalue weighted by atomic mass is 19.4. The number of anilines is 2. The van der Waals surface area contributed by atoms with Crippen LogP contribution in [0.4, 0.5) is 24.8 Å². The van der Waals surface area contributed by atoms with Gasteiger partial charge < -0.3 is 10.2 Å². The monoisotopic (exact) mass is 350 g/mol. The maximum Gasteiger partial charge on any atom is 0.435 e. The fourth-order valence-electron chi connectivity index (χ4n) is 2.81. The molecule has 1 N–H and O–H groups in total. The molecule has 0 amide bonds. The lowest BCUT2D eigenvalue weighted by atomic mass is 10.0. The van der Waals surface area contributed by atoms with E-state index in [0.717, 1.165) is 30.7 Å². The number of aromatic nitrogens is 4. The molecule has 6 nitrogen and oxygen atoms in total. The van der Waals surface area contributed by atoms with Gasteiger partial charge in [-0.3, -0.25) is 0 Å². The second-order valence-electron chi connectivity index (χ2n) is 6.54. The standard InChI is InChI=1S/C16H17F3N6/c17-16(18,19)13-4-5-14(23-22-13)20-7-10-8-25(9-10)15-6-3-12(21-24-15)11-1-2-11/h3-6,10-11H,1-2,7-9H2,(H,20,23). The molecule has 2 aliphatic rings. The van der Waals surface area contributed by atoms with E-state index in [1.54, 1.807) is 0 Å². The van der Waals surface area contributed by atoms with Gasteiger partial charge in [-0.05, 0) is 37.1 Å². The first-order valence-corrected chi connectivity index (χ1v) is 8.22. The fourth-order valence-corrected chi connectivity index (χ4v) is 2.81. The summed E-state index contributed by atoms with van der Waals surface area (Å²) in [6, 6.07) is 6.28. The zero-order chi connectivity index (χ0) is 17.4. The molecule has 1 aliphatic carbocycles. The second kappa shape index (κ2) is 6.12. The Hall–Kier alpha value is -2.45. The van der Waals surface area contributed by atoms with Crippen LogP contribution in [0.2, 0.25) is 0 Å². The summed E-state index contributed by atoms with van der Waals surface area (Å²) in [5, 5.41) is 18.3. The Morgan fingerprint density at radius 3 is 2.36 bits per heavy atom. The van der Waals surface area contributed by atoms with Gasteiger partial charge in [-0.2, -0.15) is 18.3 Å². The lowest BCUT2D eigenvalue weighted by Crippen LogP contribution is -2.50. The minimum absolute atomic E-state index is 0.347. The summed E-state index contributed by atoms with van der Waals surface area (Å²) in [6.07, 6.45) is -2.05. The molecule has 0 atom stereocenters. The predicted molar refractivity (Wildman–Crippen MR) is 85.2 cm³/mol. The predicted octanol–water partition coefficient (Wildman–Crippen LogP) is 2.71. The van der Waals surface area contributed by atoms with Crippen molar-refractivity contribution < 1.29 is 13.2 Å². The maximum atomic E-state index is 12.4. The normalized spacial score (nSPS) is 18.1. The topological polar surface area (TPSA) is 66.8 Å². The number of rotatable bonds is 5. The molecule has 2 aromatic rings. The average molecular weight is 350 g/mol. The molecule has 4 rings (SSSR count). The lowest BCUT2D eigenvalue weighted by Gasteiger charge is -2.40. The molecule has 1 saturated heterocycles. The molecule has 1 saturated carbocycles. The van der Waals surface area contributed by atoms with E-state index in [0.29, 0.717) is 24.2 Å². The van der Waals surface area contributed by atoms with Crippen LogP contribution in [-0.2, 0) is 6.18 Å². The molecular formula is C16H17F3N6. The lowest BCUT2D eigenvalue weighted by molar-refractivity contribution is -0.141. The van der Waals surface area contributed by atoms with E-state index in [2.05, 4.69) is 30.6 Å². The van der Waals surface area contributed by atoms with E-state index in [9.17, 15) is 13.2 Å². The number of halogens is 3. The van der Waals surface area contributed by atoms with Crippen molar-refractivity contribution in [2.24, 2.45) is 5.92 Å². The number of hydrogen-bond donors (Lipinski definition) is 1. The van der Waals surface area contributed by atoms with Crippen molar-refractivity contribution in [3.05, 3.63) is 35.7 Å². The van der Waals surface area contributed by atoms with E-state index in [-0.39, 0.29) is 0 Å². The molecule has 25 heavy (non-hydrogen) atoms. The first kappa shape index (κ1) is 16.0. The molecule has 0 radical (unpaired) electrons. The first-order valence-electron chi connectivity index (χ1n) is 8.22. The van der Waals surface area contributed by atoms with Gasteiger partial charge in [-0.25, -0.2) is 0 Å². The Kier molecular flexibility index (Phi) is 3.93. The summed E-state index contributed by atoms with van der Waals surface area (Å²) in [5.41, 5.74) is 0.0875. The van der Waals surface area contributed by atoms with E-state index >= 15 is 0 Å². The largest absolute Gasteiger partial charge is 0.435 e.